The molecule has 0 spiro atoms. The number of ether oxygens (including phenoxy) is 1. The van der Waals surface area contributed by atoms with Crippen LogP contribution in [0.25, 0.3) is 11.1 Å². The second-order valence-corrected chi connectivity index (χ2v) is 6.05. The van der Waals surface area contributed by atoms with Crippen LogP contribution in [0.5, 0.6) is 5.75 Å². The Labute approximate surface area is 150 Å². The normalized spacial score (nSPS) is 12.0. The maximum Gasteiger partial charge on any atom is 0.246 e. The van der Waals surface area contributed by atoms with Crippen molar-refractivity contribution in [2.24, 2.45) is 0 Å². The van der Waals surface area contributed by atoms with Crippen LogP contribution in [0.4, 0.5) is 11.4 Å². The number of oxazole rings is 1. The number of fused-ring (bicyclic) bond motifs is 1. The quantitative estimate of drug-likeness (QED) is 0.712. The van der Waals surface area contributed by atoms with Crippen LogP contribution in [-0.4, -0.2) is 24.0 Å². The minimum absolute atomic E-state index is 0.211. The number of carbonyl (C=O) groups excluding carboxylic acids is 1. The lowest BCUT2D eigenvalue weighted by atomic mass is 10.2. The summed E-state index contributed by atoms with van der Waals surface area (Å²) < 4.78 is 10.7. The molecule has 6 nitrogen and oxygen atoms in total. The molecule has 0 aliphatic heterocycles. The summed E-state index contributed by atoms with van der Waals surface area (Å²) in [5.41, 5.74) is 2.76. The van der Waals surface area contributed by atoms with E-state index < -0.39 is 6.04 Å². The predicted octanol–water partition coefficient (Wildman–Crippen LogP) is 4.24. The molecule has 1 atom stereocenters. The molecule has 1 aromatic heterocycles. The Morgan fingerprint density at radius 2 is 2.08 bits per heavy atom. The van der Waals surface area contributed by atoms with Gasteiger partial charge >= 0.3 is 0 Å². The van der Waals surface area contributed by atoms with E-state index in [2.05, 4.69) is 15.6 Å². The van der Waals surface area contributed by atoms with Crippen LogP contribution in [0.1, 0.15) is 12.8 Å². The number of benzene rings is 2. The molecular weight excluding hydrogens is 342 g/mol. The minimum Gasteiger partial charge on any atom is -0.495 e. The number of nitrogens with zero attached hydrogens (tertiary/aromatic N) is 1. The summed E-state index contributed by atoms with van der Waals surface area (Å²) in [6.07, 6.45) is 0. The van der Waals surface area contributed by atoms with Crippen molar-refractivity contribution in [1.82, 2.24) is 4.98 Å². The number of hydrogen-bond donors (Lipinski definition) is 2. The second kappa shape index (κ2) is 7.03. The van der Waals surface area contributed by atoms with Crippen LogP contribution < -0.4 is 15.4 Å². The van der Waals surface area contributed by atoms with Gasteiger partial charge in [-0.25, -0.2) is 4.98 Å². The Morgan fingerprint density at radius 3 is 2.84 bits per heavy atom. The minimum atomic E-state index is -0.478. The molecule has 130 valence electrons. The van der Waals surface area contributed by atoms with Crippen LogP contribution in [0.3, 0.4) is 0 Å². The first-order valence-corrected chi connectivity index (χ1v) is 8.12. The zero-order valence-electron chi connectivity index (χ0n) is 14.1. The van der Waals surface area contributed by atoms with Gasteiger partial charge in [0.2, 0.25) is 5.91 Å². The van der Waals surface area contributed by atoms with Crippen LogP contribution in [0, 0.1) is 6.92 Å². The SMILES string of the molecule is COc1ccc(Cl)cc1NC(=O)[C@H](C)Nc1ccc2oc(C)nc2c1. The van der Waals surface area contributed by atoms with E-state index in [1.807, 2.05) is 18.2 Å². The molecular formula is C18H18ClN3O3. The van der Waals surface area contributed by atoms with Gasteiger partial charge in [0, 0.05) is 17.6 Å². The Morgan fingerprint density at radius 1 is 1.28 bits per heavy atom. The van der Waals surface area contributed by atoms with Gasteiger partial charge in [0.15, 0.2) is 11.5 Å². The molecule has 1 amide bonds. The standard InChI is InChI=1S/C18H18ClN3O3/c1-10(18(23)22-14-8-12(19)4-6-16(14)24-3)20-13-5-7-17-15(9-13)21-11(2)25-17/h4-10,20H,1-3H3,(H,22,23)/t10-/m0/s1. The topological polar surface area (TPSA) is 76.4 Å². The molecule has 25 heavy (non-hydrogen) atoms. The fraction of sp³-hybridized carbons (Fsp3) is 0.222. The van der Waals surface area contributed by atoms with Crippen molar-refractivity contribution in [3.05, 3.63) is 47.3 Å². The Balaban J connectivity index is 1.72. The molecule has 0 bridgehead atoms. The van der Waals surface area contributed by atoms with Crippen LogP contribution in [0.15, 0.2) is 40.8 Å². The van der Waals surface area contributed by atoms with E-state index >= 15 is 0 Å². The summed E-state index contributed by atoms with van der Waals surface area (Å²) >= 11 is 5.99. The number of aromatic nitrogens is 1. The highest BCUT2D eigenvalue weighted by atomic mass is 35.5. The monoisotopic (exact) mass is 359 g/mol. The summed E-state index contributed by atoms with van der Waals surface area (Å²) in [6.45, 7) is 3.56. The van der Waals surface area contributed by atoms with Crippen LogP contribution in [-0.2, 0) is 4.79 Å². The third-order valence-electron chi connectivity index (χ3n) is 3.69. The number of methoxy groups -OCH3 is 1. The lowest BCUT2D eigenvalue weighted by molar-refractivity contribution is -0.116. The molecule has 0 saturated carbocycles. The molecule has 2 aromatic carbocycles. The third-order valence-corrected chi connectivity index (χ3v) is 3.93. The highest BCUT2D eigenvalue weighted by Crippen LogP contribution is 2.28. The number of halogens is 1. The van der Waals surface area contributed by atoms with Gasteiger partial charge in [-0.2, -0.15) is 0 Å². The van der Waals surface area contributed by atoms with Gasteiger partial charge in [0.05, 0.1) is 12.8 Å². The van der Waals surface area contributed by atoms with E-state index in [0.29, 0.717) is 27.9 Å². The summed E-state index contributed by atoms with van der Waals surface area (Å²) in [5.74, 6) is 0.937. The maximum atomic E-state index is 12.5. The van der Waals surface area contributed by atoms with Gasteiger partial charge in [-0.05, 0) is 43.3 Å². The fourth-order valence-corrected chi connectivity index (χ4v) is 2.64. The van der Waals surface area contributed by atoms with Crippen molar-refractivity contribution in [3.8, 4) is 5.75 Å². The lowest BCUT2D eigenvalue weighted by Gasteiger charge is -2.16. The van der Waals surface area contributed by atoms with Crippen molar-refractivity contribution < 1.29 is 13.9 Å². The van der Waals surface area contributed by atoms with Crippen molar-refractivity contribution in [1.29, 1.82) is 0 Å². The van der Waals surface area contributed by atoms with Crippen molar-refractivity contribution in [2.75, 3.05) is 17.7 Å². The number of nitrogens with one attached hydrogen (secondary N) is 2. The number of carbonyl (C=O) groups is 1. The predicted molar refractivity (Wildman–Crippen MR) is 98.5 cm³/mol. The van der Waals surface area contributed by atoms with Gasteiger partial charge in [0.25, 0.3) is 0 Å². The molecule has 1 heterocycles. The lowest BCUT2D eigenvalue weighted by Crippen LogP contribution is -2.32. The van der Waals surface area contributed by atoms with E-state index in [4.69, 9.17) is 20.8 Å². The first kappa shape index (κ1) is 17.1. The van der Waals surface area contributed by atoms with E-state index in [9.17, 15) is 4.79 Å². The molecule has 0 saturated heterocycles. The average Bonchev–Trinajstić information content (AvgIpc) is 2.94. The fourth-order valence-electron chi connectivity index (χ4n) is 2.47. The highest BCUT2D eigenvalue weighted by Gasteiger charge is 2.16. The number of hydrogen-bond acceptors (Lipinski definition) is 5. The Hall–Kier alpha value is -2.73. The second-order valence-electron chi connectivity index (χ2n) is 5.62. The van der Waals surface area contributed by atoms with Gasteiger partial charge in [-0.15, -0.1) is 0 Å². The van der Waals surface area contributed by atoms with Gasteiger partial charge in [-0.3, -0.25) is 4.79 Å². The average molecular weight is 360 g/mol. The van der Waals surface area contributed by atoms with Crippen LogP contribution >= 0.6 is 11.6 Å². The molecule has 3 rings (SSSR count). The van der Waals surface area contributed by atoms with Crippen molar-refractivity contribution >= 4 is 40.0 Å². The summed E-state index contributed by atoms with van der Waals surface area (Å²) in [4.78, 5) is 16.7. The van der Waals surface area contributed by atoms with Crippen molar-refractivity contribution in [2.45, 2.75) is 19.9 Å². The van der Waals surface area contributed by atoms with E-state index in [1.54, 1.807) is 32.0 Å². The molecule has 0 aliphatic carbocycles. The molecule has 2 N–H and O–H groups in total. The highest BCUT2D eigenvalue weighted by molar-refractivity contribution is 6.31. The Bertz CT molecular complexity index is 923. The summed E-state index contributed by atoms with van der Waals surface area (Å²) in [7, 11) is 1.54. The maximum absolute atomic E-state index is 12.5. The van der Waals surface area contributed by atoms with Crippen LogP contribution in [0.2, 0.25) is 5.02 Å². The zero-order valence-corrected chi connectivity index (χ0v) is 14.8. The molecule has 3 aromatic rings. The largest absolute Gasteiger partial charge is 0.495 e. The number of amides is 1. The molecule has 0 unspecified atom stereocenters. The molecule has 0 aliphatic rings. The summed E-state index contributed by atoms with van der Waals surface area (Å²) in [5, 5.41) is 6.48. The number of rotatable bonds is 5. The van der Waals surface area contributed by atoms with E-state index in [-0.39, 0.29) is 5.91 Å². The smallest absolute Gasteiger partial charge is 0.246 e. The van der Waals surface area contributed by atoms with E-state index in [0.717, 1.165) is 11.2 Å². The molecule has 0 fully saturated rings. The van der Waals surface area contributed by atoms with E-state index in [1.165, 1.54) is 7.11 Å². The number of anilines is 2. The van der Waals surface area contributed by atoms with Crippen molar-refractivity contribution in [3.63, 3.8) is 0 Å². The first-order chi connectivity index (χ1) is 12.0. The zero-order chi connectivity index (χ0) is 18.0. The Kier molecular flexibility index (Phi) is 4.81. The first-order valence-electron chi connectivity index (χ1n) is 7.74. The number of aryl methyl sites for hydroxylation is 1. The molecule has 0 radical (unpaired) electrons. The van der Waals surface area contributed by atoms with Gasteiger partial charge in [0.1, 0.15) is 17.3 Å². The van der Waals surface area contributed by atoms with Gasteiger partial charge < -0.3 is 19.8 Å². The summed E-state index contributed by atoms with van der Waals surface area (Å²) in [6, 6.07) is 10.1. The third kappa shape index (κ3) is 3.85. The van der Waals surface area contributed by atoms with Gasteiger partial charge in [-0.1, -0.05) is 11.6 Å². The molecule has 7 heteroatoms.